The van der Waals surface area contributed by atoms with E-state index >= 15 is 0 Å². The van der Waals surface area contributed by atoms with E-state index in [9.17, 15) is 4.79 Å². The molecule has 0 unspecified atom stereocenters. The zero-order valence-electron chi connectivity index (χ0n) is 9.23. The van der Waals surface area contributed by atoms with Crippen LogP contribution in [0.15, 0.2) is 18.5 Å². The summed E-state index contributed by atoms with van der Waals surface area (Å²) < 4.78 is 0. The molecule has 1 fully saturated rings. The van der Waals surface area contributed by atoms with Crippen LogP contribution in [0.3, 0.4) is 0 Å². The third kappa shape index (κ3) is 2.68. The summed E-state index contributed by atoms with van der Waals surface area (Å²) >= 11 is 0. The number of carbonyl (C=O) groups is 1. The van der Waals surface area contributed by atoms with E-state index in [1.807, 2.05) is 13.8 Å². The minimum atomic E-state index is 0.160. The van der Waals surface area contributed by atoms with Crippen LogP contribution in [0, 0.1) is 0 Å². The summed E-state index contributed by atoms with van der Waals surface area (Å²) in [6, 6.07) is 1.77. The second kappa shape index (κ2) is 5.34. The molecular weight excluding hydrogens is 190 g/mol. The van der Waals surface area contributed by atoms with Crippen LogP contribution in [0.4, 0.5) is 11.4 Å². The highest BCUT2D eigenvalue weighted by Gasteiger charge is 2.21. The van der Waals surface area contributed by atoms with Gasteiger partial charge in [-0.05, 0) is 12.5 Å². The molecule has 2 heterocycles. The first-order chi connectivity index (χ1) is 7.27. The maximum absolute atomic E-state index is 11.3. The molecule has 0 aromatic carbocycles. The second-order valence-electron chi connectivity index (χ2n) is 3.13. The van der Waals surface area contributed by atoms with Crippen LogP contribution in [-0.2, 0) is 4.79 Å². The molecule has 1 aromatic rings. The van der Waals surface area contributed by atoms with Gasteiger partial charge in [-0.2, -0.15) is 0 Å². The van der Waals surface area contributed by atoms with Crippen molar-refractivity contribution in [1.82, 2.24) is 4.98 Å². The quantitative estimate of drug-likeness (QED) is 0.764. The van der Waals surface area contributed by atoms with Crippen molar-refractivity contribution >= 4 is 17.3 Å². The van der Waals surface area contributed by atoms with Gasteiger partial charge in [0.15, 0.2) is 0 Å². The van der Waals surface area contributed by atoms with E-state index in [0.29, 0.717) is 12.1 Å². The van der Waals surface area contributed by atoms with Crippen molar-refractivity contribution in [2.24, 2.45) is 0 Å². The van der Waals surface area contributed by atoms with Crippen LogP contribution in [-0.4, -0.2) is 17.4 Å². The number of amides is 1. The molecule has 0 atom stereocenters. The lowest BCUT2D eigenvalue weighted by Crippen LogP contribution is -2.23. The van der Waals surface area contributed by atoms with Gasteiger partial charge >= 0.3 is 0 Å². The Kier molecular flexibility index (Phi) is 4.09. The monoisotopic (exact) mass is 207 g/mol. The van der Waals surface area contributed by atoms with Crippen LogP contribution < -0.4 is 10.6 Å². The van der Waals surface area contributed by atoms with Gasteiger partial charge < -0.3 is 10.6 Å². The molecule has 0 bridgehead atoms. The third-order valence-corrected chi connectivity index (χ3v) is 2.13. The molecule has 82 valence electrons. The predicted octanol–water partition coefficient (Wildman–Crippen LogP) is 1.82. The number of hydrogen-bond acceptors (Lipinski definition) is 3. The fourth-order valence-electron chi connectivity index (χ4n) is 1.51. The number of nitrogens with zero attached hydrogens (tertiary/aromatic N) is 2. The van der Waals surface area contributed by atoms with Crippen molar-refractivity contribution in [3.05, 3.63) is 18.5 Å². The first-order valence-electron chi connectivity index (χ1n) is 5.28. The van der Waals surface area contributed by atoms with Crippen molar-refractivity contribution in [3.63, 3.8) is 0 Å². The zero-order valence-corrected chi connectivity index (χ0v) is 9.23. The minimum Gasteiger partial charge on any atom is -0.397 e. The van der Waals surface area contributed by atoms with Crippen LogP contribution in [0.5, 0.6) is 0 Å². The third-order valence-electron chi connectivity index (χ3n) is 2.13. The standard InChI is InChI=1S/C9H11N3O.C2H6/c10-7-4-8(6-11-5-7)12-3-1-2-9(12)13;1-2/h4-6H,1-3,10H2;1-2H3. The maximum Gasteiger partial charge on any atom is 0.227 e. The molecule has 4 heteroatoms. The second-order valence-corrected chi connectivity index (χ2v) is 3.13. The lowest BCUT2D eigenvalue weighted by atomic mass is 10.3. The van der Waals surface area contributed by atoms with Crippen molar-refractivity contribution in [2.45, 2.75) is 26.7 Å². The first kappa shape index (κ1) is 11.5. The fourth-order valence-corrected chi connectivity index (χ4v) is 1.51. The Labute approximate surface area is 90.1 Å². The molecule has 15 heavy (non-hydrogen) atoms. The Bertz CT molecular complexity index is 338. The molecule has 1 aromatic heterocycles. The lowest BCUT2D eigenvalue weighted by Gasteiger charge is -2.14. The molecule has 1 aliphatic rings. The predicted molar refractivity (Wildman–Crippen MR) is 61.6 cm³/mol. The highest BCUT2D eigenvalue weighted by atomic mass is 16.2. The average molecular weight is 207 g/mol. The van der Waals surface area contributed by atoms with Crippen LogP contribution in [0.25, 0.3) is 0 Å². The van der Waals surface area contributed by atoms with E-state index in [2.05, 4.69) is 4.98 Å². The highest BCUT2D eigenvalue weighted by Crippen LogP contribution is 2.21. The van der Waals surface area contributed by atoms with Gasteiger partial charge in [0.25, 0.3) is 0 Å². The summed E-state index contributed by atoms with van der Waals surface area (Å²) in [5, 5.41) is 0. The highest BCUT2D eigenvalue weighted by molar-refractivity contribution is 5.95. The molecule has 1 saturated heterocycles. The van der Waals surface area contributed by atoms with E-state index in [1.54, 1.807) is 23.4 Å². The van der Waals surface area contributed by atoms with Gasteiger partial charge in [0.05, 0.1) is 17.6 Å². The zero-order chi connectivity index (χ0) is 11.3. The van der Waals surface area contributed by atoms with Crippen LogP contribution in [0.2, 0.25) is 0 Å². The summed E-state index contributed by atoms with van der Waals surface area (Å²) in [6.45, 7) is 4.78. The number of anilines is 2. The topological polar surface area (TPSA) is 59.2 Å². The van der Waals surface area contributed by atoms with Gasteiger partial charge in [-0.1, -0.05) is 13.8 Å². The van der Waals surface area contributed by atoms with Gasteiger partial charge in [-0.3, -0.25) is 9.78 Å². The Morgan fingerprint density at radius 3 is 2.67 bits per heavy atom. The van der Waals surface area contributed by atoms with Gasteiger partial charge in [0.1, 0.15) is 0 Å². The fraction of sp³-hybridized carbons (Fsp3) is 0.455. The Hall–Kier alpha value is -1.58. The molecule has 4 nitrogen and oxygen atoms in total. The molecule has 0 radical (unpaired) electrons. The summed E-state index contributed by atoms with van der Waals surface area (Å²) in [4.78, 5) is 17.0. The summed E-state index contributed by atoms with van der Waals surface area (Å²) in [7, 11) is 0. The molecular formula is C11H17N3O. The van der Waals surface area contributed by atoms with E-state index < -0.39 is 0 Å². The van der Waals surface area contributed by atoms with E-state index in [-0.39, 0.29) is 5.91 Å². The summed E-state index contributed by atoms with van der Waals surface area (Å²) in [6.07, 6.45) is 4.80. The Balaban J connectivity index is 0.000000531. The number of nitrogens with two attached hydrogens (primary N) is 1. The van der Waals surface area contributed by atoms with Gasteiger partial charge in [0, 0.05) is 19.2 Å². The molecule has 0 aliphatic carbocycles. The molecule has 2 rings (SSSR count). The normalized spacial score (nSPS) is 14.8. The number of pyridine rings is 1. The number of nitrogen functional groups attached to an aromatic ring is 1. The van der Waals surface area contributed by atoms with Crippen molar-refractivity contribution < 1.29 is 4.79 Å². The molecule has 1 amide bonds. The smallest absolute Gasteiger partial charge is 0.227 e. The van der Waals surface area contributed by atoms with Crippen LogP contribution >= 0.6 is 0 Å². The maximum atomic E-state index is 11.3. The van der Waals surface area contributed by atoms with E-state index in [4.69, 9.17) is 5.73 Å². The van der Waals surface area contributed by atoms with Crippen LogP contribution in [0.1, 0.15) is 26.7 Å². The van der Waals surface area contributed by atoms with E-state index in [1.165, 1.54) is 0 Å². The average Bonchev–Trinajstić information content (AvgIpc) is 2.67. The van der Waals surface area contributed by atoms with Gasteiger partial charge in [-0.15, -0.1) is 0 Å². The van der Waals surface area contributed by atoms with Gasteiger partial charge in [-0.25, -0.2) is 0 Å². The SMILES string of the molecule is CC.Nc1cncc(N2CCCC2=O)c1. The van der Waals surface area contributed by atoms with Gasteiger partial charge in [0.2, 0.25) is 5.91 Å². The molecule has 1 aliphatic heterocycles. The first-order valence-corrected chi connectivity index (χ1v) is 5.28. The number of carbonyl (C=O) groups excluding carboxylic acids is 1. The molecule has 2 N–H and O–H groups in total. The summed E-state index contributed by atoms with van der Waals surface area (Å²) in [5.41, 5.74) is 6.97. The lowest BCUT2D eigenvalue weighted by molar-refractivity contribution is -0.117. The molecule has 0 saturated carbocycles. The van der Waals surface area contributed by atoms with Crippen molar-refractivity contribution in [3.8, 4) is 0 Å². The Morgan fingerprint density at radius 2 is 2.13 bits per heavy atom. The van der Waals surface area contributed by atoms with E-state index in [0.717, 1.165) is 18.7 Å². The molecule has 0 spiro atoms. The number of rotatable bonds is 1. The Morgan fingerprint density at radius 1 is 1.40 bits per heavy atom. The minimum absolute atomic E-state index is 0.160. The largest absolute Gasteiger partial charge is 0.397 e. The number of hydrogen-bond donors (Lipinski definition) is 1. The van der Waals surface area contributed by atoms with Crippen molar-refractivity contribution in [2.75, 3.05) is 17.2 Å². The van der Waals surface area contributed by atoms with Crippen molar-refractivity contribution in [1.29, 1.82) is 0 Å². The summed E-state index contributed by atoms with van der Waals surface area (Å²) in [5.74, 6) is 0.160. The number of aromatic nitrogens is 1.